The second-order valence-corrected chi connectivity index (χ2v) is 3.63. The van der Waals surface area contributed by atoms with E-state index in [0.29, 0.717) is 12.4 Å². The van der Waals surface area contributed by atoms with E-state index in [2.05, 4.69) is 15.6 Å². The highest BCUT2D eigenvalue weighted by molar-refractivity contribution is 5.84. The molecular weight excluding hydrogens is 204 g/mol. The van der Waals surface area contributed by atoms with Gasteiger partial charge in [-0.15, -0.1) is 0 Å². The van der Waals surface area contributed by atoms with Crippen molar-refractivity contribution in [1.82, 2.24) is 10.3 Å². The highest BCUT2D eigenvalue weighted by Crippen LogP contribution is 2.08. The summed E-state index contributed by atoms with van der Waals surface area (Å²) in [7, 11) is 0. The van der Waals surface area contributed by atoms with Gasteiger partial charge in [0.25, 0.3) is 0 Å². The molecule has 0 saturated heterocycles. The SMILES string of the molecule is CCCNC(=O)C(C)Nc1ccc(N)nc1. The van der Waals surface area contributed by atoms with E-state index in [9.17, 15) is 4.79 Å². The van der Waals surface area contributed by atoms with Gasteiger partial charge in [0.15, 0.2) is 0 Å². The monoisotopic (exact) mass is 222 g/mol. The summed E-state index contributed by atoms with van der Waals surface area (Å²) in [5.74, 6) is 0.451. The fourth-order valence-electron chi connectivity index (χ4n) is 1.21. The van der Waals surface area contributed by atoms with E-state index in [-0.39, 0.29) is 11.9 Å². The molecule has 4 N–H and O–H groups in total. The summed E-state index contributed by atoms with van der Waals surface area (Å²) >= 11 is 0. The van der Waals surface area contributed by atoms with Gasteiger partial charge in [0.05, 0.1) is 11.9 Å². The quantitative estimate of drug-likeness (QED) is 0.694. The summed E-state index contributed by atoms with van der Waals surface area (Å²) in [4.78, 5) is 15.5. The third-order valence-electron chi connectivity index (χ3n) is 2.11. The maximum absolute atomic E-state index is 11.6. The van der Waals surface area contributed by atoms with Crippen molar-refractivity contribution in [2.75, 3.05) is 17.6 Å². The Hall–Kier alpha value is -1.78. The van der Waals surface area contributed by atoms with Crippen molar-refractivity contribution in [3.63, 3.8) is 0 Å². The van der Waals surface area contributed by atoms with Crippen molar-refractivity contribution >= 4 is 17.4 Å². The maximum Gasteiger partial charge on any atom is 0.242 e. The number of nitrogens with one attached hydrogen (secondary N) is 2. The normalized spacial score (nSPS) is 11.9. The molecule has 5 nitrogen and oxygen atoms in total. The zero-order chi connectivity index (χ0) is 12.0. The van der Waals surface area contributed by atoms with Crippen LogP contribution in [0, 0.1) is 0 Å². The van der Waals surface area contributed by atoms with Crippen LogP contribution in [0.2, 0.25) is 0 Å². The molecule has 0 aromatic carbocycles. The van der Waals surface area contributed by atoms with Crippen LogP contribution in [-0.4, -0.2) is 23.5 Å². The lowest BCUT2D eigenvalue weighted by Crippen LogP contribution is -2.37. The van der Waals surface area contributed by atoms with Crippen LogP contribution in [-0.2, 0) is 4.79 Å². The molecule has 1 aromatic heterocycles. The Bertz CT molecular complexity index is 336. The van der Waals surface area contributed by atoms with Crippen molar-refractivity contribution in [2.24, 2.45) is 0 Å². The van der Waals surface area contributed by atoms with Gasteiger partial charge in [0.2, 0.25) is 5.91 Å². The largest absolute Gasteiger partial charge is 0.384 e. The van der Waals surface area contributed by atoms with E-state index in [4.69, 9.17) is 5.73 Å². The summed E-state index contributed by atoms with van der Waals surface area (Å²) < 4.78 is 0. The van der Waals surface area contributed by atoms with Gasteiger partial charge in [-0.1, -0.05) is 6.92 Å². The zero-order valence-corrected chi connectivity index (χ0v) is 9.66. The minimum Gasteiger partial charge on any atom is -0.384 e. The smallest absolute Gasteiger partial charge is 0.242 e. The van der Waals surface area contributed by atoms with Crippen LogP contribution in [0.3, 0.4) is 0 Å². The van der Waals surface area contributed by atoms with Crippen LogP contribution in [0.1, 0.15) is 20.3 Å². The summed E-state index contributed by atoms with van der Waals surface area (Å²) in [6.07, 6.45) is 2.54. The average molecular weight is 222 g/mol. The number of carbonyl (C=O) groups is 1. The number of amides is 1. The van der Waals surface area contributed by atoms with Gasteiger partial charge in [-0.05, 0) is 25.5 Å². The van der Waals surface area contributed by atoms with Crippen molar-refractivity contribution < 1.29 is 4.79 Å². The van der Waals surface area contributed by atoms with Crippen LogP contribution in [0.15, 0.2) is 18.3 Å². The predicted molar refractivity (Wildman–Crippen MR) is 65.0 cm³/mol. The minimum atomic E-state index is -0.281. The second kappa shape index (κ2) is 5.95. The van der Waals surface area contributed by atoms with Crippen LogP contribution in [0.5, 0.6) is 0 Å². The molecule has 0 aliphatic carbocycles. The van der Waals surface area contributed by atoms with Gasteiger partial charge >= 0.3 is 0 Å². The Morgan fingerprint density at radius 1 is 1.56 bits per heavy atom. The first-order valence-electron chi connectivity index (χ1n) is 5.39. The molecule has 0 aliphatic heterocycles. The lowest BCUT2D eigenvalue weighted by atomic mass is 10.3. The molecule has 0 fully saturated rings. The first kappa shape index (κ1) is 12.3. The van der Waals surface area contributed by atoms with Gasteiger partial charge in [0, 0.05) is 6.54 Å². The molecule has 1 heterocycles. The number of hydrogen-bond donors (Lipinski definition) is 3. The van der Waals surface area contributed by atoms with Crippen LogP contribution >= 0.6 is 0 Å². The number of nitrogens with zero attached hydrogens (tertiary/aromatic N) is 1. The third kappa shape index (κ3) is 3.76. The molecule has 88 valence electrons. The summed E-state index contributed by atoms with van der Waals surface area (Å²) in [5, 5.41) is 5.86. The Labute approximate surface area is 95.4 Å². The fourth-order valence-corrected chi connectivity index (χ4v) is 1.21. The highest BCUT2D eigenvalue weighted by atomic mass is 16.2. The van der Waals surface area contributed by atoms with E-state index in [1.165, 1.54) is 0 Å². The van der Waals surface area contributed by atoms with Crippen LogP contribution in [0.4, 0.5) is 11.5 Å². The molecule has 1 atom stereocenters. The average Bonchev–Trinajstić information content (AvgIpc) is 2.29. The van der Waals surface area contributed by atoms with Crippen molar-refractivity contribution in [3.8, 4) is 0 Å². The van der Waals surface area contributed by atoms with Gasteiger partial charge in [-0.2, -0.15) is 0 Å². The van der Waals surface area contributed by atoms with E-state index >= 15 is 0 Å². The van der Waals surface area contributed by atoms with Gasteiger partial charge in [-0.3, -0.25) is 4.79 Å². The van der Waals surface area contributed by atoms with Gasteiger partial charge in [0.1, 0.15) is 11.9 Å². The lowest BCUT2D eigenvalue weighted by Gasteiger charge is -2.14. The molecule has 0 aliphatic rings. The number of nitrogens with two attached hydrogens (primary N) is 1. The van der Waals surface area contributed by atoms with E-state index < -0.39 is 0 Å². The van der Waals surface area contributed by atoms with Crippen molar-refractivity contribution in [1.29, 1.82) is 0 Å². The molecule has 5 heteroatoms. The minimum absolute atomic E-state index is 0.0151. The Balaban J connectivity index is 2.47. The number of carbonyl (C=O) groups excluding carboxylic acids is 1. The highest BCUT2D eigenvalue weighted by Gasteiger charge is 2.11. The Morgan fingerprint density at radius 2 is 2.31 bits per heavy atom. The van der Waals surface area contributed by atoms with Crippen molar-refractivity contribution in [3.05, 3.63) is 18.3 Å². The van der Waals surface area contributed by atoms with Gasteiger partial charge < -0.3 is 16.4 Å². The fraction of sp³-hybridized carbons (Fsp3) is 0.455. The third-order valence-corrected chi connectivity index (χ3v) is 2.11. The lowest BCUT2D eigenvalue weighted by molar-refractivity contribution is -0.121. The summed E-state index contributed by atoms with van der Waals surface area (Å²) in [6.45, 7) is 4.52. The molecule has 0 radical (unpaired) electrons. The number of rotatable bonds is 5. The van der Waals surface area contributed by atoms with Crippen molar-refractivity contribution in [2.45, 2.75) is 26.3 Å². The molecule has 0 saturated carbocycles. The number of pyridine rings is 1. The second-order valence-electron chi connectivity index (χ2n) is 3.63. The van der Waals surface area contributed by atoms with Gasteiger partial charge in [-0.25, -0.2) is 4.98 Å². The first-order chi connectivity index (χ1) is 7.63. The molecule has 1 unspecified atom stereocenters. The number of anilines is 2. The number of hydrogen-bond acceptors (Lipinski definition) is 4. The topological polar surface area (TPSA) is 80.0 Å². The first-order valence-corrected chi connectivity index (χ1v) is 5.39. The molecule has 1 aromatic rings. The van der Waals surface area contributed by atoms with Crippen LogP contribution < -0.4 is 16.4 Å². The summed E-state index contributed by atoms with van der Waals surface area (Å²) in [5.41, 5.74) is 6.25. The number of nitrogen functional groups attached to an aromatic ring is 1. The standard InChI is InChI=1S/C11H18N4O/c1-3-6-13-11(16)8(2)15-9-4-5-10(12)14-7-9/h4-5,7-8,15H,3,6H2,1-2H3,(H2,12,14)(H,13,16). The predicted octanol–water partition coefficient (Wildman–Crippen LogP) is 0.990. The zero-order valence-electron chi connectivity index (χ0n) is 9.66. The summed E-state index contributed by atoms with van der Waals surface area (Å²) in [6, 6.07) is 3.21. The van der Waals surface area contributed by atoms with E-state index in [0.717, 1.165) is 12.1 Å². The maximum atomic E-state index is 11.6. The molecule has 0 spiro atoms. The van der Waals surface area contributed by atoms with Crippen LogP contribution in [0.25, 0.3) is 0 Å². The Kier molecular flexibility index (Phi) is 4.57. The van der Waals surface area contributed by atoms with E-state index in [1.807, 2.05) is 6.92 Å². The molecule has 1 rings (SSSR count). The molecule has 0 bridgehead atoms. The molecular formula is C11H18N4O. The Morgan fingerprint density at radius 3 is 2.88 bits per heavy atom. The molecule has 16 heavy (non-hydrogen) atoms. The van der Waals surface area contributed by atoms with E-state index in [1.54, 1.807) is 25.3 Å². The molecule has 1 amide bonds. The number of aromatic nitrogens is 1.